The molecule has 1 unspecified atom stereocenters. The van der Waals surface area contributed by atoms with Gasteiger partial charge in [-0.1, -0.05) is 0 Å². The Labute approximate surface area is 121 Å². The van der Waals surface area contributed by atoms with Gasteiger partial charge in [-0.25, -0.2) is 10.8 Å². The third kappa shape index (κ3) is 3.11. The zero-order chi connectivity index (χ0) is 15.6. The Morgan fingerprint density at radius 1 is 1.43 bits per heavy atom. The molecule has 2 heterocycles. The van der Waals surface area contributed by atoms with Crippen LogP contribution in [-0.4, -0.2) is 9.91 Å². The van der Waals surface area contributed by atoms with Crippen molar-refractivity contribution in [1.29, 1.82) is 0 Å². The average Bonchev–Trinajstić information content (AvgIpc) is 2.77. The number of nitrogens with zero attached hydrogens (tertiary/aromatic N) is 2. The number of nitrogen functional groups attached to an aromatic ring is 1. The Morgan fingerprint density at radius 3 is 2.67 bits per heavy atom. The van der Waals surface area contributed by atoms with Crippen LogP contribution in [0, 0.1) is 24.0 Å². The van der Waals surface area contributed by atoms with Crippen LogP contribution in [0.3, 0.4) is 0 Å². The number of rotatable bonds is 5. The Kier molecular flexibility index (Phi) is 4.08. The summed E-state index contributed by atoms with van der Waals surface area (Å²) in [6, 6.07) is 4.50. The van der Waals surface area contributed by atoms with Crippen LogP contribution in [0.5, 0.6) is 0 Å². The third-order valence-electron chi connectivity index (χ3n) is 3.12. The van der Waals surface area contributed by atoms with Gasteiger partial charge < -0.3 is 15.2 Å². The molecule has 4 N–H and O–H groups in total. The van der Waals surface area contributed by atoms with Gasteiger partial charge in [0.25, 0.3) is 0 Å². The predicted molar refractivity (Wildman–Crippen MR) is 78.9 cm³/mol. The van der Waals surface area contributed by atoms with Crippen molar-refractivity contribution in [2.24, 2.45) is 5.84 Å². The molecule has 2 aromatic rings. The molecule has 1 atom stereocenters. The summed E-state index contributed by atoms with van der Waals surface area (Å²) in [6.45, 7) is 5.58. The molecule has 8 nitrogen and oxygen atoms in total. The molecule has 0 spiro atoms. The van der Waals surface area contributed by atoms with E-state index in [2.05, 4.69) is 15.7 Å². The summed E-state index contributed by atoms with van der Waals surface area (Å²) < 4.78 is 5.47. The summed E-state index contributed by atoms with van der Waals surface area (Å²) >= 11 is 0. The number of pyridine rings is 1. The lowest BCUT2D eigenvalue weighted by atomic mass is 10.1. The number of hydrazine groups is 1. The zero-order valence-electron chi connectivity index (χ0n) is 12.0. The molecule has 8 heteroatoms. The molecule has 0 fully saturated rings. The van der Waals surface area contributed by atoms with Crippen LogP contribution in [0.4, 0.5) is 17.3 Å². The highest BCUT2D eigenvalue weighted by atomic mass is 16.6. The van der Waals surface area contributed by atoms with Crippen molar-refractivity contribution >= 4 is 17.3 Å². The van der Waals surface area contributed by atoms with Crippen LogP contribution in [0.2, 0.25) is 0 Å². The molecule has 0 saturated carbocycles. The normalized spacial score (nSPS) is 12.0. The minimum atomic E-state index is -0.490. The number of furan rings is 1. The van der Waals surface area contributed by atoms with E-state index in [1.807, 2.05) is 26.8 Å². The van der Waals surface area contributed by atoms with Crippen LogP contribution in [0.25, 0.3) is 0 Å². The topological polar surface area (TPSA) is 119 Å². The second kappa shape index (κ2) is 5.80. The zero-order valence-corrected chi connectivity index (χ0v) is 12.0. The fraction of sp³-hybridized carbons (Fsp3) is 0.308. The van der Waals surface area contributed by atoms with Gasteiger partial charge in [-0.3, -0.25) is 10.1 Å². The lowest BCUT2D eigenvalue weighted by Crippen LogP contribution is -2.13. The molecule has 0 bridgehead atoms. The number of nitrogens with one attached hydrogen (secondary N) is 2. The highest BCUT2D eigenvalue weighted by Gasteiger charge is 2.20. The first kappa shape index (κ1) is 14.8. The van der Waals surface area contributed by atoms with Crippen LogP contribution < -0.4 is 16.6 Å². The molecular formula is C13H17N5O3. The number of nitrogens with two attached hydrogens (primary N) is 1. The molecular weight excluding hydrogens is 274 g/mol. The van der Waals surface area contributed by atoms with Crippen LogP contribution in [-0.2, 0) is 0 Å². The fourth-order valence-electron chi connectivity index (χ4n) is 2.15. The summed E-state index contributed by atoms with van der Waals surface area (Å²) in [6.07, 6.45) is 0. The third-order valence-corrected chi connectivity index (χ3v) is 3.12. The molecule has 2 aromatic heterocycles. The van der Waals surface area contributed by atoms with Crippen molar-refractivity contribution in [3.63, 3.8) is 0 Å². The van der Waals surface area contributed by atoms with E-state index in [0.717, 1.165) is 17.1 Å². The van der Waals surface area contributed by atoms with Crippen molar-refractivity contribution in [3.05, 3.63) is 45.4 Å². The molecule has 0 aromatic carbocycles. The van der Waals surface area contributed by atoms with Crippen molar-refractivity contribution in [2.75, 3.05) is 10.7 Å². The minimum absolute atomic E-state index is 0.112. The molecule has 2 rings (SSSR count). The molecule has 112 valence electrons. The Morgan fingerprint density at radius 2 is 2.14 bits per heavy atom. The summed E-state index contributed by atoms with van der Waals surface area (Å²) in [4.78, 5) is 14.7. The van der Waals surface area contributed by atoms with Crippen molar-refractivity contribution in [2.45, 2.75) is 26.8 Å². The summed E-state index contributed by atoms with van der Waals surface area (Å²) in [5, 5.41) is 14.1. The Balaban J connectivity index is 2.33. The van der Waals surface area contributed by atoms with Gasteiger partial charge in [-0.2, -0.15) is 0 Å². The van der Waals surface area contributed by atoms with E-state index in [0.29, 0.717) is 5.82 Å². The maximum Gasteiger partial charge on any atom is 0.311 e. The first-order chi connectivity index (χ1) is 9.92. The number of aromatic nitrogens is 1. The van der Waals surface area contributed by atoms with E-state index in [1.165, 1.54) is 12.1 Å². The van der Waals surface area contributed by atoms with Crippen molar-refractivity contribution in [1.82, 2.24) is 4.98 Å². The molecule has 0 aliphatic rings. The minimum Gasteiger partial charge on any atom is -0.466 e. The molecule has 0 radical (unpaired) electrons. The smallest absolute Gasteiger partial charge is 0.311 e. The molecule has 0 aliphatic carbocycles. The van der Waals surface area contributed by atoms with Gasteiger partial charge in [0.1, 0.15) is 17.3 Å². The number of aryl methyl sites for hydroxylation is 2. The number of anilines is 2. The summed E-state index contributed by atoms with van der Waals surface area (Å²) in [5.41, 5.74) is 3.18. The standard InChI is InChI=1S/C13H17N5O3/c1-7-6-10(9(3)21-7)8(2)15-13-11(18(19)20)4-5-12(16-13)17-14/h4-6,8H,14H2,1-3H3,(H2,15,16,17). The van der Waals surface area contributed by atoms with Gasteiger partial charge in [0, 0.05) is 11.6 Å². The monoisotopic (exact) mass is 291 g/mol. The van der Waals surface area contributed by atoms with Gasteiger partial charge in [-0.05, 0) is 32.9 Å². The van der Waals surface area contributed by atoms with Gasteiger partial charge in [0.05, 0.1) is 11.0 Å². The lowest BCUT2D eigenvalue weighted by molar-refractivity contribution is -0.384. The molecule has 0 aliphatic heterocycles. The maximum absolute atomic E-state index is 11.1. The first-order valence-electron chi connectivity index (χ1n) is 6.38. The van der Waals surface area contributed by atoms with E-state index in [-0.39, 0.29) is 17.5 Å². The molecule has 0 amide bonds. The van der Waals surface area contributed by atoms with Gasteiger partial charge in [0.15, 0.2) is 0 Å². The van der Waals surface area contributed by atoms with E-state index in [4.69, 9.17) is 10.3 Å². The van der Waals surface area contributed by atoms with E-state index in [1.54, 1.807) is 0 Å². The number of nitro groups is 1. The average molecular weight is 291 g/mol. The first-order valence-corrected chi connectivity index (χ1v) is 6.38. The van der Waals surface area contributed by atoms with Gasteiger partial charge in [0.2, 0.25) is 5.82 Å². The second-order valence-corrected chi connectivity index (χ2v) is 4.70. The fourth-order valence-corrected chi connectivity index (χ4v) is 2.15. The largest absolute Gasteiger partial charge is 0.466 e. The van der Waals surface area contributed by atoms with Gasteiger partial charge in [-0.15, -0.1) is 0 Å². The highest BCUT2D eigenvalue weighted by Crippen LogP contribution is 2.29. The van der Waals surface area contributed by atoms with Crippen molar-refractivity contribution in [3.8, 4) is 0 Å². The summed E-state index contributed by atoms with van der Waals surface area (Å²) in [5.74, 6) is 7.34. The SMILES string of the molecule is Cc1cc(C(C)Nc2nc(NN)ccc2[N+](=O)[O-])c(C)o1. The predicted octanol–water partition coefficient (Wildman–Crippen LogP) is 2.66. The van der Waals surface area contributed by atoms with Crippen LogP contribution in [0.1, 0.15) is 30.0 Å². The van der Waals surface area contributed by atoms with E-state index >= 15 is 0 Å². The lowest BCUT2D eigenvalue weighted by Gasteiger charge is -2.14. The molecule has 21 heavy (non-hydrogen) atoms. The Bertz CT molecular complexity index is 668. The summed E-state index contributed by atoms with van der Waals surface area (Å²) in [7, 11) is 0. The number of hydrogen-bond donors (Lipinski definition) is 3. The van der Waals surface area contributed by atoms with Crippen molar-refractivity contribution < 1.29 is 9.34 Å². The van der Waals surface area contributed by atoms with Crippen LogP contribution in [0.15, 0.2) is 22.6 Å². The highest BCUT2D eigenvalue weighted by molar-refractivity contribution is 5.60. The molecule has 0 saturated heterocycles. The van der Waals surface area contributed by atoms with E-state index in [9.17, 15) is 10.1 Å². The quantitative estimate of drug-likeness (QED) is 0.440. The Hall–Kier alpha value is -2.61. The number of hydrogen-bond acceptors (Lipinski definition) is 7. The maximum atomic E-state index is 11.1. The van der Waals surface area contributed by atoms with Crippen LogP contribution >= 0.6 is 0 Å². The van der Waals surface area contributed by atoms with Gasteiger partial charge >= 0.3 is 5.69 Å². The second-order valence-electron chi connectivity index (χ2n) is 4.70. The van der Waals surface area contributed by atoms with E-state index < -0.39 is 4.92 Å².